The molecule has 1 aliphatic rings. The van der Waals surface area contributed by atoms with Gasteiger partial charge in [0.25, 0.3) is 0 Å². The summed E-state index contributed by atoms with van der Waals surface area (Å²) in [6.45, 7) is 0.506. The number of carbonyl (C=O) groups excluding carboxylic acids is 1. The van der Waals surface area contributed by atoms with Crippen molar-refractivity contribution in [2.24, 2.45) is 0 Å². The summed E-state index contributed by atoms with van der Waals surface area (Å²) < 4.78 is 0. The molecule has 0 spiro atoms. The standard InChI is InChI=1S/C9H10N2O2S/c12-7-2-1-3-10-9(7)11-5-6(14)4-8(11)13/h1-3,6,12,14H,4-5H2. The monoisotopic (exact) mass is 210 g/mol. The number of hydrogen-bond donors (Lipinski definition) is 2. The number of carbonyl (C=O) groups is 1. The zero-order valence-corrected chi connectivity index (χ0v) is 8.32. The third kappa shape index (κ3) is 1.55. The number of pyridine rings is 1. The van der Waals surface area contributed by atoms with Crippen LogP contribution in [-0.2, 0) is 4.79 Å². The van der Waals surface area contributed by atoms with Gasteiger partial charge < -0.3 is 5.11 Å². The van der Waals surface area contributed by atoms with E-state index in [4.69, 9.17) is 0 Å². The first-order valence-corrected chi connectivity index (χ1v) is 4.82. The fourth-order valence-electron chi connectivity index (χ4n) is 1.49. The van der Waals surface area contributed by atoms with Crippen LogP contribution in [-0.4, -0.2) is 27.8 Å². The SMILES string of the molecule is O=C1CC(S)CN1c1ncccc1O. The average molecular weight is 210 g/mol. The van der Waals surface area contributed by atoms with Crippen LogP contribution in [0.25, 0.3) is 0 Å². The molecule has 74 valence electrons. The predicted molar refractivity (Wildman–Crippen MR) is 55.6 cm³/mol. The topological polar surface area (TPSA) is 53.4 Å². The molecule has 1 atom stereocenters. The van der Waals surface area contributed by atoms with E-state index in [1.807, 2.05) is 0 Å². The van der Waals surface area contributed by atoms with Crippen molar-refractivity contribution in [2.45, 2.75) is 11.7 Å². The molecule has 0 radical (unpaired) electrons. The largest absolute Gasteiger partial charge is 0.504 e. The Bertz CT molecular complexity index is 370. The molecule has 1 aliphatic heterocycles. The van der Waals surface area contributed by atoms with Gasteiger partial charge in [0, 0.05) is 24.4 Å². The Morgan fingerprint density at radius 1 is 1.64 bits per heavy atom. The maximum absolute atomic E-state index is 11.5. The van der Waals surface area contributed by atoms with Crippen LogP contribution >= 0.6 is 12.6 Å². The highest BCUT2D eigenvalue weighted by atomic mass is 32.1. The Balaban J connectivity index is 2.32. The van der Waals surface area contributed by atoms with Crippen molar-refractivity contribution in [2.75, 3.05) is 11.4 Å². The van der Waals surface area contributed by atoms with E-state index in [0.717, 1.165) is 0 Å². The second kappa shape index (κ2) is 3.49. The lowest BCUT2D eigenvalue weighted by Gasteiger charge is -2.15. The molecule has 1 amide bonds. The van der Waals surface area contributed by atoms with Gasteiger partial charge in [-0.1, -0.05) is 0 Å². The molecule has 4 nitrogen and oxygen atoms in total. The molecule has 1 N–H and O–H groups in total. The Kier molecular flexibility index (Phi) is 2.33. The average Bonchev–Trinajstić information content (AvgIpc) is 2.46. The van der Waals surface area contributed by atoms with Crippen molar-refractivity contribution in [3.05, 3.63) is 18.3 Å². The van der Waals surface area contributed by atoms with E-state index in [1.54, 1.807) is 12.3 Å². The van der Waals surface area contributed by atoms with Crippen LogP contribution in [0.2, 0.25) is 0 Å². The van der Waals surface area contributed by atoms with E-state index in [-0.39, 0.29) is 16.9 Å². The summed E-state index contributed by atoms with van der Waals surface area (Å²) in [5.41, 5.74) is 0. The summed E-state index contributed by atoms with van der Waals surface area (Å²) in [5.74, 6) is 0.316. The van der Waals surface area contributed by atoms with Crippen LogP contribution in [0.15, 0.2) is 18.3 Å². The van der Waals surface area contributed by atoms with Gasteiger partial charge in [-0.3, -0.25) is 9.69 Å². The molecular weight excluding hydrogens is 200 g/mol. The molecule has 1 saturated heterocycles. The van der Waals surface area contributed by atoms with Gasteiger partial charge in [-0.25, -0.2) is 4.98 Å². The van der Waals surface area contributed by atoms with Crippen molar-refractivity contribution in [1.82, 2.24) is 4.98 Å². The van der Waals surface area contributed by atoms with Crippen LogP contribution in [0.4, 0.5) is 5.82 Å². The number of nitrogens with zero attached hydrogens (tertiary/aromatic N) is 2. The predicted octanol–water partition coefficient (Wildman–Crippen LogP) is 0.822. The van der Waals surface area contributed by atoms with Gasteiger partial charge in [-0.2, -0.15) is 12.6 Å². The summed E-state index contributed by atoms with van der Waals surface area (Å²) >= 11 is 4.22. The van der Waals surface area contributed by atoms with Gasteiger partial charge >= 0.3 is 0 Å². The van der Waals surface area contributed by atoms with Gasteiger partial charge in [0.05, 0.1) is 0 Å². The first-order chi connectivity index (χ1) is 6.68. The third-order valence-corrected chi connectivity index (χ3v) is 2.47. The van der Waals surface area contributed by atoms with Crippen molar-refractivity contribution in [1.29, 1.82) is 0 Å². The Labute approximate surface area is 87.0 Å². The molecule has 1 aromatic rings. The Morgan fingerprint density at radius 2 is 2.43 bits per heavy atom. The molecule has 5 heteroatoms. The summed E-state index contributed by atoms with van der Waals surface area (Å²) in [5, 5.41) is 9.53. The summed E-state index contributed by atoms with van der Waals surface area (Å²) in [6.07, 6.45) is 1.95. The van der Waals surface area contributed by atoms with E-state index in [9.17, 15) is 9.90 Å². The number of rotatable bonds is 1. The molecule has 0 aromatic carbocycles. The van der Waals surface area contributed by atoms with Gasteiger partial charge in [0.15, 0.2) is 11.6 Å². The number of amides is 1. The second-order valence-electron chi connectivity index (χ2n) is 3.21. The number of aromatic nitrogens is 1. The lowest BCUT2D eigenvalue weighted by Crippen LogP contribution is -2.25. The first kappa shape index (κ1) is 9.33. The fourth-order valence-corrected chi connectivity index (χ4v) is 1.81. The molecule has 2 heterocycles. The van der Waals surface area contributed by atoms with Gasteiger partial charge in [0.1, 0.15) is 0 Å². The maximum atomic E-state index is 11.5. The lowest BCUT2D eigenvalue weighted by atomic mass is 10.4. The van der Waals surface area contributed by atoms with Crippen LogP contribution in [0.5, 0.6) is 5.75 Å². The molecule has 0 saturated carbocycles. The van der Waals surface area contributed by atoms with E-state index in [1.165, 1.54) is 11.0 Å². The molecule has 1 aromatic heterocycles. The zero-order valence-electron chi connectivity index (χ0n) is 7.42. The number of anilines is 1. The van der Waals surface area contributed by atoms with Gasteiger partial charge in [0.2, 0.25) is 5.91 Å². The van der Waals surface area contributed by atoms with Gasteiger partial charge in [-0.05, 0) is 12.1 Å². The third-order valence-electron chi connectivity index (χ3n) is 2.13. The molecule has 1 fully saturated rings. The number of aromatic hydroxyl groups is 1. The highest BCUT2D eigenvalue weighted by Crippen LogP contribution is 2.28. The van der Waals surface area contributed by atoms with E-state index in [2.05, 4.69) is 17.6 Å². The molecule has 0 bridgehead atoms. The smallest absolute Gasteiger partial charge is 0.229 e. The zero-order chi connectivity index (χ0) is 10.1. The molecule has 0 aliphatic carbocycles. The molecular formula is C9H10N2O2S. The number of thiol groups is 1. The van der Waals surface area contributed by atoms with Crippen LogP contribution < -0.4 is 4.90 Å². The van der Waals surface area contributed by atoms with E-state index >= 15 is 0 Å². The number of hydrogen-bond acceptors (Lipinski definition) is 4. The van der Waals surface area contributed by atoms with Crippen LogP contribution in [0.1, 0.15) is 6.42 Å². The van der Waals surface area contributed by atoms with E-state index in [0.29, 0.717) is 18.8 Å². The summed E-state index contributed by atoms with van der Waals surface area (Å²) in [7, 11) is 0. The highest BCUT2D eigenvalue weighted by Gasteiger charge is 2.30. The van der Waals surface area contributed by atoms with Crippen LogP contribution in [0.3, 0.4) is 0 Å². The minimum atomic E-state index is -0.0426. The Morgan fingerprint density at radius 3 is 3.00 bits per heavy atom. The lowest BCUT2D eigenvalue weighted by molar-refractivity contribution is -0.117. The van der Waals surface area contributed by atoms with Crippen molar-refractivity contribution >= 4 is 24.4 Å². The molecule has 2 rings (SSSR count). The Hall–Kier alpha value is -1.23. The minimum absolute atomic E-state index is 0.0308. The van der Waals surface area contributed by atoms with Crippen molar-refractivity contribution in [3.63, 3.8) is 0 Å². The molecule has 14 heavy (non-hydrogen) atoms. The summed E-state index contributed by atoms with van der Waals surface area (Å²) in [6, 6.07) is 3.14. The normalized spacial score (nSPS) is 21.6. The summed E-state index contributed by atoms with van der Waals surface area (Å²) in [4.78, 5) is 16.9. The van der Waals surface area contributed by atoms with E-state index < -0.39 is 0 Å². The fraction of sp³-hybridized carbons (Fsp3) is 0.333. The highest BCUT2D eigenvalue weighted by molar-refractivity contribution is 7.81. The van der Waals surface area contributed by atoms with Gasteiger partial charge in [-0.15, -0.1) is 0 Å². The second-order valence-corrected chi connectivity index (χ2v) is 3.94. The van der Waals surface area contributed by atoms with Crippen LogP contribution in [0, 0.1) is 0 Å². The van der Waals surface area contributed by atoms with Crippen molar-refractivity contribution < 1.29 is 9.90 Å². The quantitative estimate of drug-likeness (QED) is 0.675. The first-order valence-electron chi connectivity index (χ1n) is 4.31. The molecule has 1 unspecified atom stereocenters. The van der Waals surface area contributed by atoms with Crippen molar-refractivity contribution in [3.8, 4) is 5.75 Å². The minimum Gasteiger partial charge on any atom is -0.504 e. The maximum Gasteiger partial charge on any atom is 0.229 e.